The fourth-order valence-corrected chi connectivity index (χ4v) is 4.42. The van der Waals surface area contributed by atoms with Crippen molar-refractivity contribution < 1.29 is 13.6 Å². The van der Waals surface area contributed by atoms with E-state index < -0.39 is 6.43 Å². The topological polar surface area (TPSA) is 79.9 Å². The number of anilines is 4. The molecule has 0 bridgehead atoms. The summed E-state index contributed by atoms with van der Waals surface area (Å²) in [5.41, 5.74) is 2.88. The molecule has 204 valence electrons. The zero-order valence-corrected chi connectivity index (χ0v) is 22.2. The summed E-state index contributed by atoms with van der Waals surface area (Å²) in [4.78, 5) is 28.6. The Balaban J connectivity index is 1.42. The molecule has 3 heterocycles. The second-order valence-electron chi connectivity index (χ2n) is 9.46. The Bertz CT molecular complexity index is 1160. The van der Waals surface area contributed by atoms with Crippen LogP contribution >= 0.6 is 0 Å². The molecule has 1 aromatic carbocycles. The average molecular weight is 527 g/mol. The van der Waals surface area contributed by atoms with Crippen molar-refractivity contribution in [1.82, 2.24) is 24.7 Å². The fraction of sp³-hybridized carbons (Fsp3) is 0.444. The largest absolute Gasteiger partial charge is 0.369 e. The summed E-state index contributed by atoms with van der Waals surface area (Å²) < 4.78 is 27.3. The smallest absolute Gasteiger partial charge is 0.327 e. The van der Waals surface area contributed by atoms with E-state index in [0.717, 1.165) is 50.0 Å². The molecule has 4 rings (SSSR count). The maximum atomic E-state index is 13.7. The zero-order chi connectivity index (χ0) is 27.1. The van der Waals surface area contributed by atoms with Crippen LogP contribution in [0, 0.1) is 0 Å². The summed E-state index contributed by atoms with van der Waals surface area (Å²) >= 11 is 0. The first-order chi connectivity index (χ1) is 18.4. The molecule has 1 saturated heterocycles. The lowest BCUT2D eigenvalue weighted by molar-refractivity contribution is 0.151. The van der Waals surface area contributed by atoms with Crippen LogP contribution in [-0.4, -0.2) is 84.1 Å². The summed E-state index contributed by atoms with van der Waals surface area (Å²) in [5, 5.41) is 6.23. The number of amides is 2. The number of carbonyl (C=O) groups is 1. The van der Waals surface area contributed by atoms with Crippen LogP contribution in [0.2, 0.25) is 0 Å². The number of likely N-dealkylation sites (N-methyl/N-ethyl adjacent to an activating group) is 1. The number of aryl methyl sites for hydroxylation is 1. The molecular weight excluding hydrogens is 490 g/mol. The van der Waals surface area contributed by atoms with Crippen molar-refractivity contribution in [2.45, 2.75) is 26.2 Å². The first-order valence-electron chi connectivity index (χ1n) is 13.0. The molecule has 2 aromatic rings. The van der Waals surface area contributed by atoms with E-state index in [4.69, 9.17) is 0 Å². The van der Waals surface area contributed by atoms with Crippen LogP contribution in [0.3, 0.4) is 0 Å². The van der Waals surface area contributed by atoms with Crippen LogP contribution in [0.25, 0.3) is 0 Å². The van der Waals surface area contributed by atoms with Crippen LogP contribution in [0.4, 0.5) is 36.7 Å². The Hall–Kier alpha value is -3.73. The van der Waals surface area contributed by atoms with E-state index in [-0.39, 0.29) is 23.4 Å². The predicted octanol–water partition coefficient (Wildman–Crippen LogP) is 4.67. The van der Waals surface area contributed by atoms with Crippen LogP contribution in [0.1, 0.15) is 30.9 Å². The number of carbonyl (C=O) groups excluding carboxylic acids is 1. The average Bonchev–Trinajstić information content (AvgIpc) is 3.07. The molecule has 1 fully saturated rings. The number of hydrogen-bond donors (Lipinski definition) is 2. The van der Waals surface area contributed by atoms with Gasteiger partial charge in [-0.05, 0) is 55.8 Å². The second-order valence-corrected chi connectivity index (χ2v) is 9.46. The number of nitrogens with zero attached hydrogens (tertiary/aromatic N) is 6. The van der Waals surface area contributed by atoms with Crippen molar-refractivity contribution in [3.05, 3.63) is 60.1 Å². The Kier molecular flexibility index (Phi) is 9.11. The van der Waals surface area contributed by atoms with Gasteiger partial charge in [-0.3, -0.25) is 0 Å². The molecule has 0 aliphatic carbocycles. The molecule has 9 nitrogen and oxygen atoms in total. The number of hydrogen-bond acceptors (Lipinski definition) is 7. The third-order valence-electron chi connectivity index (χ3n) is 6.74. The number of benzene rings is 1. The summed E-state index contributed by atoms with van der Waals surface area (Å²) in [6.45, 7) is 6.91. The standard InChI is InChI=1S/C27H36F2N8O/c1-4-20-18-21(36-16-14-34(2)15-17-36)8-9-23(20)32-26-31-19-22(24(28)29)25(33-26)30-10-7-13-37-12-6-5-11-35(3)27(37)38/h5-6,8-9,11-12,18-19,24H,4,7,10,13-17H2,1-3H3,(H2,30,31,32,33). The van der Waals surface area contributed by atoms with Gasteiger partial charge < -0.3 is 30.2 Å². The Morgan fingerprint density at radius 2 is 1.84 bits per heavy atom. The lowest BCUT2D eigenvalue weighted by Crippen LogP contribution is -2.44. The lowest BCUT2D eigenvalue weighted by Gasteiger charge is -2.34. The normalized spacial score (nSPS) is 16.4. The molecule has 11 heteroatoms. The van der Waals surface area contributed by atoms with Gasteiger partial charge in [0.15, 0.2) is 0 Å². The van der Waals surface area contributed by atoms with Gasteiger partial charge in [0.05, 0.1) is 5.56 Å². The van der Waals surface area contributed by atoms with Crippen molar-refractivity contribution in [3.8, 4) is 0 Å². The first kappa shape index (κ1) is 27.3. The highest BCUT2D eigenvalue weighted by molar-refractivity contribution is 5.76. The van der Waals surface area contributed by atoms with E-state index in [1.807, 2.05) is 6.07 Å². The van der Waals surface area contributed by atoms with E-state index in [1.54, 1.807) is 36.5 Å². The van der Waals surface area contributed by atoms with Gasteiger partial charge in [0.25, 0.3) is 6.43 Å². The van der Waals surface area contributed by atoms with Crippen molar-refractivity contribution >= 4 is 29.2 Å². The van der Waals surface area contributed by atoms with Gasteiger partial charge in [-0.15, -0.1) is 0 Å². The molecule has 2 amide bonds. The minimum Gasteiger partial charge on any atom is -0.369 e. The van der Waals surface area contributed by atoms with Crippen LogP contribution < -0.4 is 15.5 Å². The molecule has 2 N–H and O–H groups in total. The number of nitrogens with one attached hydrogen (secondary N) is 2. The quantitative estimate of drug-likeness (QED) is 0.436. The highest BCUT2D eigenvalue weighted by Gasteiger charge is 2.19. The van der Waals surface area contributed by atoms with Crippen molar-refractivity contribution in [2.24, 2.45) is 0 Å². The van der Waals surface area contributed by atoms with Gasteiger partial charge >= 0.3 is 6.03 Å². The number of piperazine rings is 1. The van der Waals surface area contributed by atoms with Gasteiger partial charge in [-0.1, -0.05) is 6.92 Å². The van der Waals surface area contributed by atoms with Crippen molar-refractivity contribution in [3.63, 3.8) is 0 Å². The van der Waals surface area contributed by atoms with Gasteiger partial charge in [-0.2, -0.15) is 4.98 Å². The molecule has 2 aliphatic heterocycles. The maximum Gasteiger partial charge on any atom is 0.327 e. The first-order valence-corrected chi connectivity index (χ1v) is 13.0. The molecule has 0 spiro atoms. The maximum absolute atomic E-state index is 13.7. The molecule has 0 radical (unpaired) electrons. The Morgan fingerprint density at radius 1 is 1.08 bits per heavy atom. The molecule has 0 atom stereocenters. The SMILES string of the molecule is CCc1cc(N2CCN(C)CC2)ccc1Nc1ncc(C(F)F)c(NCCCN2C=CC=CN(C)C2=O)n1. The third-order valence-corrected chi connectivity index (χ3v) is 6.74. The molecule has 2 aliphatic rings. The van der Waals surface area contributed by atoms with Crippen LogP contribution in [0.15, 0.2) is 48.9 Å². The fourth-order valence-electron chi connectivity index (χ4n) is 4.42. The van der Waals surface area contributed by atoms with Gasteiger partial charge in [-0.25, -0.2) is 18.6 Å². The van der Waals surface area contributed by atoms with E-state index in [0.29, 0.717) is 19.5 Å². The van der Waals surface area contributed by atoms with E-state index in [2.05, 4.69) is 56.5 Å². The predicted molar refractivity (Wildman–Crippen MR) is 147 cm³/mol. The highest BCUT2D eigenvalue weighted by atomic mass is 19.3. The third kappa shape index (κ3) is 6.77. The zero-order valence-electron chi connectivity index (χ0n) is 22.2. The number of alkyl halides is 2. The molecule has 0 unspecified atom stereocenters. The number of urea groups is 1. The van der Waals surface area contributed by atoms with E-state index in [1.165, 1.54) is 10.6 Å². The number of allylic oxidation sites excluding steroid dienone is 2. The minimum absolute atomic E-state index is 0.0844. The number of aromatic nitrogens is 2. The summed E-state index contributed by atoms with van der Waals surface area (Å²) in [5.74, 6) is 0.332. The molecular formula is C27H36F2N8O. The second kappa shape index (κ2) is 12.7. The number of halogens is 2. The van der Waals surface area contributed by atoms with Crippen molar-refractivity contribution in [2.75, 3.05) is 68.9 Å². The van der Waals surface area contributed by atoms with Gasteiger partial charge in [0.2, 0.25) is 5.95 Å². The number of rotatable bonds is 10. The van der Waals surface area contributed by atoms with E-state index >= 15 is 0 Å². The lowest BCUT2D eigenvalue weighted by atomic mass is 10.1. The van der Waals surface area contributed by atoms with Crippen molar-refractivity contribution in [1.29, 1.82) is 0 Å². The van der Waals surface area contributed by atoms with Gasteiger partial charge in [0.1, 0.15) is 5.82 Å². The summed E-state index contributed by atoms with van der Waals surface area (Å²) in [6.07, 6.45) is 6.76. The van der Waals surface area contributed by atoms with Crippen LogP contribution in [0.5, 0.6) is 0 Å². The highest BCUT2D eigenvalue weighted by Crippen LogP contribution is 2.29. The molecule has 38 heavy (non-hydrogen) atoms. The van der Waals surface area contributed by atoms with Crippen LogP contribution in [-0.2, 0) is 6.42 Å². The molecule has 1 aromatic heterocycles. The Labute approximate surface area is 222 Å². The van der Waals surface area contributed by atoms with Gasteiger partial charge in [0, 0.05) is 76.3 Å². The molecule has 0 saturated carbocycles. The minimum atomic E-state index is -2.71. The summed E-state index contributed by atoms with van der Waals surface area (Å²) in [6, 6.07) is 6.10. The Morgan fingerprint density at radius 3 is 2.58 bits per heavy atom. The summed E-state index contributed by atoms with van der Waals surface area (Å²) in [7, 11) is 3.82. The van der Waals surface area contributed by atoms with E-state index in [9.17, 15) is 13.6 Å². The monoisotopic (exact) mass is 526 g/mol.